The highest BCUT2D eigenvalue weighted by Crippen LogP contribution is 2.53. The zero-order valence-electron chi connectivity index (χ0n) is 23.5. The minimum atomic E-state index is -0.123. The minimum absolute atomic E-state index is 0.123. The molecule has 2 aliphatic rings. The van der Waals surface area contributed by atoms with Gasteiger partial charge in [0.25, 0.3) is 0 Å². The monoisotopic (exact) mass is 528 g/mol. The van der Waals surface area contributed by atoms with Gasteiger partial charge in [-0.2, -0.15) is 0 Å². The number of anilines is 1. The molecule has 5 aromatic carbocycles. The van der Waals surface area contributed by atoms with Gasteiger partial charge in [-0.05, 0) is 82.6 Å². The molecule has 8 rings (SSSR count). The molecule has 6 aromatic rings. The standard InChI is InChI=1S/C39H32N2/c1-39(2)33-21-20-29(25-11-5-3-6-12-25)38(40)37(33)31-19-17-27(24-34(31)39)26-18-22-36-32(23-26)30-15-9-10-16-35(30)41(36)28-13-7-4-8-14-28/h3-5,7-11,13-24H,6,12,40H2,1-2H3. The molecule has 1 aromatic heterocycles. The van der Waals surface area contributed by atoms with Crippen molar-refractivity contribution < 1.29 is 0 Å². The Bertz CT molecular complexity index is 2070. The molecular weight excluding hydrogens is 496 g/mol. The molecule has 0 spiro atoms. The fourth-order valence-electron chi connectivity index (χ4n) is 7.15. The molecule has 0 saturated heterocycles. The second-order valence-electron chi connectivity index (χ2n) is 11.9. The highest BCUT2D eigenvalue weighted by Gasteiger charge is 2.37. The summed E-state index contributed by atoms with van der Waals surface area (Å²) in [5.74, 6) is 0. The quantitative estimate of drug-likeness (QED) is 0.228. The van der Waals surface area contributed by atoms with Crippen LogP contribution in [0.25, 0.3) is 55.3 Å². The van der Waals surface area contributed by atoms with Crippen LogP contribution >= 0.6 is 0 Å². The third-order valence-electron chi connectivity index (χ3n) is 9.26. The molecule has 2 heteroatoms. The molecule has 2 aliphatic carbocycles. The van der Waals surface area contributed by atoms with Gasteiger partial charge in [-0.25, -0.2) is 0 Å². The molecule has 41 heavy (non-hydrogen) atoms. The van der Waals surface area contributed by atoms with Gasteiger partial charge in [0.15, 0.2) is 0 Å². The topological polar surface area (TPSA) is 30.9 Å². The van der Waals surface area contributed by atoms with E-state index in [0.29, 0.717) is 0 Å². The van der Waals surface area contributed by atoms with Crippen LogP contribution in [0.5, 0.6) is 0 Å². The zero-order chi connectivity index (χ0) is 27.7. The second kappa shape index (κ2) is 8.84. The number of hydrogen-bond acceptors (Lipinski definition) is 1. The van der Waals surface area contributed by atoms with E-state index in [2.05, 4.69) is 140 Å². The van der Waals surface area contributed by atoms with Gasteiger partial charge in [-0.3, -0.25) is 0 Å². The van der Waals surface area contributed by atoms with Gasteiger partial charge in [0.1, 0.15) is 0 Å². The van der Waals surface area contributed by atoms with Gasteiger partial charge in [0.05, 0.1) is 11.0 Å². The Hall–Kier alpha value is -4.82. The Morgan fingerprint density at radius 3 is 2.24 bits per heavy atom. The Kier molecular flexibility index (Phi) is 5.18. The largest absolute Gasteiger partial charge is 0.398 e. The predicted octanol–water partition coefficient (Wildman–Crippen LogP) is 10.1. The van der Waals surface area contributed by atoms with Crippen molar-refractivity contribution in [3.8, 4) is 27.9 Å². The summed E-state index contributed by atoms with van der Waals surface area (Å²) in [5, 5.41) is 2.54. The summed E-state index contributed by atoms with van der Waals surface area (Å²) in [7, 11) is 0. The van der Waals surface area contributed by atoms with E-state index >= 15 is 0 Å². The van der Waals surface area contributed by atoms with Crippen molar-refractivity contribution in [2.75, 3.05) is 5.73 Å². The van der Waals surface area contributed by atoms with Gasteiger partial charge in [-0.15, -0.1) is 0 Å². The van der Waals surface area contributed by atoms with E-state index in [-0.39, 0.29) is 5.41 Å². The smallest absolute Gasteiger partial charge is 0.0541 e. The van der Waals surface area contributed by atoms with Crippen molar-refractivity contribution in [3.63, 3.8) is 0 Å². The van der Waals surface area contributed by atoms with Crippen LogP contribution in [0.4, 0.5) is 5.69 Å². The average Bonchev–Trinajstić information content (AvgIpc) is 3.47. The van der Waals surface area contributed by atoms with Crippen LogP contribution in [0.3, 0.4) is 0 Å². The van der Waals surface area contributed by atoms with Gasteiger partial charge in [0, 0.05) is 38.7 Å². The lowest BCUT2D eigenvalue weighted by molar-refractivity contribution is 0.660. The molecule has 0 bridgehead atoms. The van der Waals surface area contributed by atoms with Gasteiger partial charge < -0.3 is 10.3 Å². The van der Waals surface area contributed by atoms with Crippen molar-refractivity contribution in [2.24, 2.45) is 0 Å². The van der Waals surface area contributed by atoms with Crippen molar-refractivity contribution in [3.05, 3.63) is 138 Å². The lowest BCUT2D eigenvalue weighted by atomic mass is 9.81. The molecule has 0 saturated carbocycles. The highest BCUT2D eigenvalue weighted by atomic mass is 15.0. The van der Waals surface area contributed by atoms with E-state index in [1.54, 1.807) is 0 Å². The summed E-state index contributed by atoms with van der Waals surface area (Å²) in [4.78, 5) is 0. The number of allylic oxidation sites excluding steroid dienone is 4. The molecule has 0 amide bonds. The summed E-state index contributed by atoms with van der Waals surface area (Å²) in [6.45, 7) is 4.67. The Balaban J connectivity index is 1.28. The van der Waals surface area contributed by atoms with E-state index in [0.717, 1.165) is 18.5 Å². The van der Waals surface area contributed by atoms with Crippen LogP contribution in [0, 0.1) is 0 Å². The number of fused-ring (bicyclic) bond motifs is 6. The van der Waals surface area contributed by atoms with Crippen molar-refractivity contribution >= 4 is 33.1 Å². The Morgan fingerprint density at radius 1 is 0.683 bits per heavy atom. The first kappa shape index (κ1) is 24.0. The molecule has 0 fully saturated rings. The normalized spacial score (nSPS) is 15.2. The maximum Gasteiger partial charge on any atom is 0.0541 e. The highest BCUT2D eigenvalue weighted by molar-refractivity contribution is 6.10. The van der Waals surface area contributed by atoms with Crippen molar-refractivity contribution in [1.29, 1.82) is 0 Å². The van der Waals surface area contributed by atoms with Gasteiger partial charge in [0.2, 0.25) is 0 Å². The number of nitrogen functional groups attached to an aromatic ring is 1. The number of nitrogens with two attached hydrogens (primary N) is 1. The molecule has 198 valence electrons. The summed E-state index contributed by atoms with van der Waals surface area (Å²) in [6.07, 6.45) is 8.71. The van der Waals surface area contributed by atoms with E-state index in [9.17, 15) is 0 Å². The number of para-hydroxylation sites is 2. The van der Waals surface area contributed by atoms with E-state index < -0.39 is 0 Å². The average molecular weight is 529 g/mol. The van der Waals surface area contributed by atoms with Gasteiger partial charge in [-0.1, -0.05) is 98.8 Å². The molecule has 1 heterocycles. The van der Waals surface area contributed by atoms with E-state index in [4.69, 9.17) is 5.73 Å². The SMILES string of the molecule is CC1(C)c2cc(-c3ccc4c(c3)c3ccccc3n4-c3ccccc3)ccc2-c2c1ccc(C1=CC=CCC1)c2N. The number of rotatable bonds is 3. The summed E-state index contributed by atoms with van der Waals surface area (Å²) in [6, 6.07) is 37.8. The maximum atomic E-state index is 6.95. The fourth-order valence-corrected chi connectivity index (χ4v) is 7.15. The lowest BCUT2D eigenvalue weighted by Gasteiger charge is -2.23. The minimum Gasteiger partial charge on any atom is -0.398 e. The van der Waals surface area contributed by atoms with Crippen LogP contribution < -0.4 is 5.73 Å². The van der Waals surface area contributed by atoms with E-state index in [1.807, 2.05) is 0 Å². The van der Waals surface area contributed by atoms with Crippen molar-refractivity contribution in [2.45, 2.75) is 32.1 Å². The van der Waals surface area contributed by atoms with Crippen LogP contribution in [0.1, 0.15) is 43.4 Å². The number of benzene rings is 5. The van der Waals surface area contributed by atoms with Crippen LogP contribution in [0.15, 0.2) is 121 Å². The third kappa shape index (κ3) is 3.50. The van der Waals surface area contributed by atoms with E-state index in [1.165, 1.54) is 72.0 Å². The molecule has 0 atom stereocenters. The zero-order valence-corrected chi connectivity index (χ0v) is 23.5. The Labute approximate surface area is 241 Å². The molecule has 2 N–H and O–H groups in total. The maximum absolute atomic E-state index is 6.95. The summed E-state index contributed by atoms with van der Waals surface area (Å²) in [5.41, 5.74) is 21.5. The lowest BCUT2D eigenvalue weighted by Crippen LogP contribution is -2.15. The van der Waals surface area contributed by atoms with Gasteiger partial charge >= 0.3 is 0 Å². The van der Waals surface area contributed by atoms with Crippen LogP contribution in [0.2, 0.25) is 0 Å². The third-order valence-corrected chi connectivity index (χ3v) is 9.26. The number of aromatic nitrogens is 1. The first-order valence-electron chi connectivity index (χ1n) is 14.6. The predicted molar refractivity (Wildman–Crippen MR) is 175 cm³/mol. The number of nitrogens with zero attached hydrogens (tertiary/aromatic N) is 1. The first-order valence-corrected chi connectivity index (χ1v) is 14.6. The number of hydrogen-bond donors (Lipinski definition) is 1. The molecule has 2 nitrogen and oxygen atoms in total. The molecule has 0 unspecified atom stereocenters. The molecule has 0 radical (unpaired) electrons. The summed E-state index contributed by atoms with van der Waals surface area (Å²) < 4.78 is 2.37. The van der Waals surface area contributed by atoms with Crippen LogP contribution in [-0.4, -0.2) is 4.57 Å². The second-order valence-corrected chi connectivity index (χ2v) is 11.9. The molecular formula is C39H32N2. The summed E-state index contributed by atoms with van der Waals surface area (Å²) >= 11 is 0. The molecule has 0 aliphatic heterocycles. The first-order chi connectivity index (χ1) is 20.0. The fraction of sp³-hybridized carbons (Fsp3) is 0.128. The van der Waals surface area contributed by atoms with Crippen LogP contribution in [-0.2, 0) is 5.41 Å². The Morgan fingerprint density at radius 2 is 1.41 bits per heavy atom. The van der Waals surface area contributed by atoms with Crippen molar-refractivity contribution in [1.82, 2.24) is 4.57 Å².